The van der Waals surface area contributed by atoms with Crippen LogP contribution in [0.25, 0.3) is 0 Å². The first-order chi connectivity index (χ1) is 26.7. The quantitative estimate of drug-likeness (QED) is 0.115. The molecule has 6 heterocycles. The number of ether oxygens (including phenoxy) is 2. The molecule has 2 unspecified atom stereocenters. The number of fused-ring (bicyclic) bond motifs is 2. The van der Waals surface area contributed by atoms with Gasteiger partial charge in [0.2, 0.25) is 11.8 Å². The van der Waals surface area contributed by atoms with Crippen molar-refractivity contribution in [3.63, 3.8) is 0 Å². The van der Waals surface area contributed by atoms with Crippen LogP contribution in [0.5, 0.6) is 23.0 Å². The second-order valence-corrected chi connectivity index (χ2v) is 15.5. The number of carbonyl (C=O) groups is 4. The van der Waals surface area contributed by atoms with E-state index in [1.807, 2.05) is 0 Å². The van der Waals surface area contributed by atoms with Crippen molar-refractivity contribution in [3.8, 4) is 23.0 Å². The van der Waals surface area contributed by atoms with E-state index in [1.54, 1.807) is 34.1 Å². The van der Waals surface area contributed by atoms with Crippen molar-refractivity contribution in [2.75, 3.05) is 39.3 Å². The van der Waals surface area contributed by atoms with Crippen LogP contribution in [0.3, 0.4) is 0 Å². The molecule has 18 nitrogen and oxygen atoms in total. The summed E-state index contributed by atoms with van der Waals surface area (Å²) < 4.78 is 22.0. The van der Waals surface area contributed by atoms with Gasteiger partial charge in [-0.1, -0.05) is 37.6 Å². The monoisotopic (exact) mass is 828 g/mol. The second-order valence-electron chi connectivity index (χ2n) is 15.5. The summed E-state index contributed by atoms with van der Waals surface area (Å²) in [7, 11) is 0. The molecule has 0 aliphatic carbocycles. The zero-order chi connectivity index (χ0) is 39.8. The molecule has 2 atom stereocenters. The molecule has 0 aromatic heterocycles. The number of amides is 2. The molecule has 6 aliphatic heterocycles. The summed E-state index contributed by atoms with van der Waals surface area (Å²) in [5.74, 6) is -2.32. The molecule has 4 saturated heterocycles. The third kappa shape index (κ3) is 10.6. The van der Waals surface area contributed by atoms with Crippen molar-refractivity contribution in [1.82, 2.24) is 20.4 Å². The summed E-state index contributed by atoms with van der Waals surface area (Å²) in [6, 6.07) is 6.18. The maximum atomic E-state index is 12.5. The van der Waals surface area contributed by atoms with E-state index in [0.29, 0.717) is 50.1 Å². The second kappa shape index (κ2) is 19.4. The summed E-state index contributed by atoms with van der Waals surface area (Å²) >= 11 is 0. The number of carboxylic acids is 2. The fourth-order valence-corrected chi connectivity index (χ4v) is 7.97. The predicted octanol–water partition coefficient (Wildman–Crippen LogP) is -6.04. The summed E-state index contributed by atoms with van der Waals surface area (Å²) in [4.78, 5) is 51.9. The Morgan fingerprint density at radius 1 is 0.621 bits per heavy atom. The molecular weight excluding hydrogens is 780 g/mol. The molecule has 2 amide bonds. The van der Waals surface area contributed by atoms with Gasteiger partial charge in [0, 0.05) is 0 Å². The SMILES string of the molecule is O=C(O)c1c(OC2CN(C(=O)C3CCCCN3)C2)ccc2c1O[B-](O)(O)CC2.O=C(O)c1c(OC2CN(C(=O)C3CCCCN3)C2)ccc2c1O[B-](O)(O)CC2.[Na+].[Na+]. The summed E-state index contributed by atoms with van der Waals surface area (Å²) in [6.07, 6.45) is 5.91. The zero-order valence-corrected chi connectivity index (χ0v) is 36.9. The molecule has 22 heteroatoms. The molecule has 0 spiro atoms. The number of hydrogen-bond acceptors (Lipinski definition) is 14. The number of carboxylic acid groups (broad SMARTS) is 2. The van der Waals surface area contributed by atoms with Crippen molar-refractivity contribution in [2.24, 2.45) is 0 Å². The Bertz CT molecular complexity index is 1720. The number of likely N-dealkylation sites (tertiary alicyclic amines) is 2. The van der Waals surface area contributed by atoms with Crippen molar-refractivity contribution in [2.45, 2.75) is 88.3 Å². The van der Waals surface area contributed by atoms with Crippen LogP contribution in [-0.2, 0) is 22.4 Å². The van der Waals surface area contributed by atoms with Gasteiger partial charge in [0.15, 0.2) is 0 Å². The van der Waals surface area contributed by atoms with Crippen molar-refractivity contribution in [1.29, 1.82) is 0 Å². The van der Waals surface area contributed by atoms with E-state index < -0.39 is 25.4 Å². The average molecular weight is 828 g/mol. The van der Waals surface area contributed by atoms with Gasteiger partial charge in [-0.05, 0) is 74.9 Å². The molecule has 8 N–H and O–H groups in total. The third-order valence-corrected chi connectivity index (χ3v) is 11.1. The van der Waals surface area contributed by atoms with Crippen LogP contribution in [0.1, 0.15) is 70.4 Å². The molecule has 2 aromatic carbocycles. The average Bonchev–Trinajstić information content (AvgIpc) is 3.13. The van der Waals surface area contributed by atoms with E-state index >= 15 is 0 Å². The molecule has 8 rings (SSSR count). The molecule has 0 bridgehead atoms. The van der Waals surface area contributed by atoms with Gasteiger partial charge in [-0.25, -0.2) is 9.59 Å². The standard InChI is InChI=1S/2C18H24BN2O7.2Na/c2*22-17(13-3-1-2-8-20-13)21-9-12(10-21)27-14-5-4-11-6-7-19(25,26)28-16(11)15(14)18(23)24;;/h2*4-5,12-13,20,25-26H,1-3,6-10H2,(H,23,24);;/q2*-1;2*+1. The molecule has 58 heavy (non-hydrogen) atoms. The van der Waals surface area contributed by atoms with Crippen LogP contribution >= 0.6 is 0 Å². The van der Waals surface area contributed by atoms with E-state index in [2.05, 4.69) is 10.6 Å². The van der Waals surface area contributed by atoms with Gasteiger partial charge in [-0.2, -0.15) is 0 Å². The molecule has 0 saturated carbocycles. The normalized spacial score (nSPS) is 23.1. The number of benzene rings is 2. The number of nitrogens with zero attached hydrogens (tertiary/aromatic N) is 2. The summed E-state index contributed by atoms with van der Waals surface area (Å²) in [5.41, 5.74) is 0.758. The van der Waals surface area contributed by atoms with Crippen LogP contribution in [0.4, 0.5) is 0 Å². The van der Waals surface area contributed by atoms with Crippen LogP contribution < -0.4 is 88.5 Å². The minimum atomic E-state index is -3.08. The van der Waals surface area contributed by atoms with Crippen molar-refractivity contribution in [3.05, 3.63) is 46.5 Å². The Labute approximate surface area is 379 Å². The van der Waals surface area contributed by atoms with Crippen molar-refractivity contribution >= 4 is 37.3 Å². The van der Waals surface area contributed by atoms with Crippen LogP contribution in [-0.4, -0.2) is 141 Å². The maximum Gasteiger partial charge on any atom is 1.00 e. The van der Waals surface area contributed by atoms with E-state index in [-0.39, 0.29) is 142 Å². The number of rotatable bonds is 8. The van der Waals surface area contributed by atoms with Gasteiger partial charge in [0.25, 0.3) is 0 Å². The first-order valence-corrected chi connectivity index (χ1v) is 19.4. The Balaban J connectivity index is 0.000000214. The minimum Gasteiger partial charge on any atom is -0.669 e. The topological polar surface area (TPSA) is 257 Å². The molecule has 2 aromatic rings. The fourth-order valence-electron chi connectivity index (χ4n) is 7.97. The minimum absolute atomic E-state index is 0. The van der Waals surface area contributed by atoms with Gasteiger partial charge in [-0.15, -0.1) is 0 Å². The van der Waals surface area contributed by atoms with E-state index in [9.17, 15) is 49.5 Å². The van der Waals surface area contributed by atoms with E-state index in [0.717, 1.165) is 51.6 Å². The predicted molar refractivity (Wildman–Crippen MR) is 199 cm³/mol. The Morgan fingerprint density at radius 2 is 1.00 bits per heavy atom. The molecule has 6 aliphatic rings. The first kappa shape index (κ1) is 46.5. The van der Waals surface area contributed by atoms with E-state index in [1.165, 1.54) is 0 Å². The Hall–Kier alpha value is -2.59. The number of nitrogens with one attached hydrogen (secondary N) is 2. The van der Waals surface area contributed by atoms with Crippen LogP contribution in [0.15, 0.2) is 24.3 Å². The Morgan fingerprint density at radius 3 is 1.33 bits per heavy atom. The van der Waals surface area contributed by atoms with Gasteiger partial charge in [-0.3, -0.25) is 9.59 Å². The number of piperidine rings is 2. The van der Waals surface area contributed by atoms with Gasteiger partial charge < -0.3 is 69.5 Å². The Kier molecular flexibility index (Phi) is 15.6. The summed E-state index contributed by atoms with van der Waals surface area (Å²) in [5, 5.41) is 64.8. The number of aryl methyl sites for hydroxylation is 2. The summed E-state index contributed by atoms with van der Waals surface area (Å²) in [6.45, 7) is -2.89. The third-order valence-electron chi connectivity index (χ3n) is 11.1. The van der Waals surface area contributed by atoms with Crippen LogP contribution in [0, 0.1) is 0 Å². The van der Waals surface area contributed by atoms with E-state index in [4.69, 9.17) is 18.8 Å². The van der Waals surface area contributed by atoms with Gasteiger partial charge in [0.05, 0.1) is 49.8 Å². The molecular formula is C36H48B2N4Na2O14. The smallest absolute Gasteiger partial charge is 0.669 e. The van der Waals surface area contributed by atoms with Gasteiger partial charge >= 0.3 is 84.6 Å². The molecule has 4 fully saturated rings. The maximum absolute atomic E-state index is 12.5. The fraction of sp³-hybridized carbons (Fsp3) is 0.556. The zero-order valence-electron chi connectivity index (χ0n) is 32.9. The van der Waals surface area contributed by atoms with Crippen molar-refractivity contribution < 1.29 is 127 Å². The van der Waals surface area contributed by atoms with Crippen LogP contribution in [0.2, 0.25) is 12.6 Å². The number of hydrogen-bond donors (Lipinski definition) is 8. The number of carbonyl (C=O) groups excluding carboxylic acids is 2. The molecule has 304 valence electrons. The first-order valence-electron chi connectivity index (χ1n) is 19.4. The largest absolute Gasteiger partial charge is 1.00 e. The molecule has 0 radical (unpaired) electrons. The number of aromatic carboxylic acids is 2. The van der Waals surface area contributed by atoms with Gasteiger partial charge in [0.1, 0.15) is 34.8 Å².